The highest BCUT2D eigenvalue weighted by molar-refractivity contribution is 6.33. The summed E-state index contributed by atoms with van der Waals surface area (Å²) in [6.45, 7) is 5.82. The summed E-state index contributed by atoms with van der Waals surface area (Å²) in [5, 5.41) is 4.55. The van der Waals surface area contributed by atoms with Crippen LogP contribution in [0.2, 0.25) is 5.02 Å². The molecule has 2 N–H and O–H groups in total. The molecule has 0 aliphatic heterocycles. The van der Waals surface area contributed by atoms with Crippen molar-refractivity contribution in [2.75, 3.05) is 0 Å². The molecule has 0 atom stereocenters. The van der Waals surface area contributed by atoms with Crippen molar-refractivity contribution in [2.45, 2.75) is 20.8 Å². The highest BCUT2D eigenvalue weighted by atomic mass is 35.5. The van der Waals surface area contributed by atoms with E-state index in [0.717, 1.165) is 22.5 Å². The van der Waals surface area contributed by atoms with E-state index >= 15 is 0 Å². The lowest BCUT2D eigenvalue weighted by Gasteiger charge is -2.05. The van der Waals surface area contributed by atoms with Crippen molar-refractivity contribution in [3.05, 3.63) is 57.9 Å². The van der Waals surface area contributed by atoms with Crippen LogP contribution in [0, 0.1) is 13.8 Å². The Morgan fingerprint density at radius 1 is 1.30 bits per heavy atom. The van der Waals surface area contributed by atoms with Gasteiger partial charge in [0, 0.05) is 17.5 Å². The topological polar surface area (TPSA) is 57.2 Å². The summed E-state index contributed by atoms with van der Waals surface area (Å²) >= 11 is 5.97. The van der Waals surface area contributed by atoms with Crippen LogP contribution in [0.15, 0.2) is 35.6 Å². The quantitative estimate of drug-likeness (QED) is 0.660. The number of carbonyl (C=O) groups is 1. The first kappa shape index (κ1) is 14.3. The van der Waals surface area contributed by atoms with E-state index in [1.54, 1.807) is 24.3 Å². The molecule has 0 saturated heterocycles. The fraction of sp³-hybridized carbons (Fsp3) is 0.200. The molecule has 1 aromatic heterocycles. The molecule has 1 amide bonds. The first-order chi connectivity index (χ1) is 9.50. The third kappa shape index (κ3) is 2.91. The van der Waals surface area contributed by atoms with Crippen molar-refractivity contribution < 1.29 is 4.79 Å². The molecule has 0 aliphatic carbocycles. The van der Waals surface area contributed by atoms with Crippen LogP contribution in [0.4, 0.5) is 0 Å². The zero-order chi connectivity index (χ0) is 14.7. The molecule has 0 saturated carbocycles. The Morgan fingerprint density at radius 2 is 2.00 bits per heavy atom. The van der Waals surface area contributed by atoms with Crippen LogP contribution in [-0.2, 0) is 0 Å². The van der Waals surface area contributed by atoms with E-state index in [9.17, 15) is 4.79 Å². The van der Waals surface area contributed by atoms with Gasteiger partial charge in [-0.3, -0.25) is 4.79 Å². The molecule has 2 rings (SSSR count). The van der Waals surface area contributed by atoms with E-state index in [2.05, 4.69) is 15.5 Å². The number of H-pyrrole nitrogens is 1. The minimum absolute atomic E-state index is 0.319. The van der Waals surface area contributed by atoms with Crippen molar-refractivity contribution in [3.8, 4) is 0 Å². The van der Waals surface area contributed by atoms with E-state index in [4.69, 9.17) is 11.6 Å². The lowest BCUT2D eigenvalue weighted by molar-refractivity contribution is 0.0955. The maximum atomic E-state index is 12.0. The molecule has 1 heterocycles. The van der Waals surface area contributed by atoms with Gasteiger partial charge in [0.2, 0.25) is 0 Å². The first-order valence-corrected chi connectivity index (χ1v) is 6.62. The van der Waals surface area contributed by atoms with E-state index in [-0.39, 0.29) is 5.91 Å². The number of hydrazone groups is 1. The zero-order valence-corrected chi connectivity index (χ0v) is 12.4. The van der Waals surface area contributed by atoms with Crippen LogP contribution in [0.5, 0.6) is 0 Å². The van der Waals surface area contributed by atoms with Gasteiger partial charge >= 0.3 is 0 Å². The molecule has 0 fully saturated rings. The van der Waals surface area contributed by atoms with Crippen molar-refractivity contribution in [3.63, 3.8) is 0 Å². The highest BCUT2D eigenvalue weighted by Gasteiger charge is 2.11. The van der Waals surface area contributed by atoms with E-state index in [1.165, 1.54) is 0 Å². The number of nitrogens with zero attached hydrogens (tertiary/aromatic N) is 1. The summed E-state index contributed by atoms with van der Waals surface area (Å²) in [6.07, 6.45) is 1.92. The number of hydrogen-bond donors (Lipinski definition) is 2. The van der Waals surface area contributed by atoms with Gasteiger partial charge in [0.25, 0.3) is 5.91 Å². The monoisotopic (exact) mass is 289 g/mol. The van der Waals surface area contributed by atoms with Crippen LogP contribution in [0.25, 0.3) is 0 Å². The maximum Gasteiger partial charge on any atom is 0.272 e. The highest BCUT2D eigenvalue weighted by Crippen LogP contribution is 2.15. The first-order valence-electron chi connectivity index (χ1n) is 6.25. The summed E-state index contributed by atoms with van der Waals surface area (Å²) in [6, 6.07) is 6.88. The Bertz CT molecular complexity index is 654. The fourth-order valence-corrected chi connectivity index (χ4v) is 2.33. The van der Waals surface area contributed by atoms with E-state index in [0.29, 0.717) is 10.6 Å². The van der Waals surface area contributed by atoms with Crippen molar-refractivity contribution in [1.82, 2.24) is 10.4 Å². The Labute approximate surface area is 122 Å². The van der Waals surface area contributed by atoms with Gasteiger partial charge in [-0.25, -0.2) is 5.43 Å². The number of amides is 1. The minimum Gasteiger partial charge on any atom is -0.364 e. The normalized spacial score (nSPS) is 11.5. The van der Waals surface area contributed by atoms with Gasteiger partial charge in [-0.15, -0.1) is 0 Å². The van der Waals surface area contributed by atoms with Gasteiger partial charge < -0.3 is 4.98 Å². The molecule has 4 nitrogen and oxygen atoms in total. The second-order valence-corrected chi connectivity index (χ2v) is 5.00. The number of halogens is 1. The van der Waals surface area contributed by atoms with Crippen LogP contribution in [-0.4, -0.2) is 16.6 Å². The smallest absolute Gasteiger partial charge is 0.272 e. The van der Waals surface area contributed by atoms with Crippen molar-refractivity contribution >= 4 is 23.2 Å². The Kier molecular flexibility index (Phi) is 4.25. The maximum absolute atomic E-state index is 12.0. The molecule has 104 valence electrons. The lowest BCUT2D eigenvalue weighted by Crippen LogP contribution is -2.20. The number of nitrogens with one attached hydrogen (secondary N) is 2. The van der Waals surface area contributed by atoms with E-state index < -0.39 is 0 Å². The number of hydrogen-bond acceptors (Lipinski definition) is 2. The van der Waals surface area contributed by atoms with Crippen molar-refractivity contribution in [1.29, 1.82) is 0 Å². The Balaban J connectivity index is 2.18. The Morgan fingerprint density at radius 3 is 2.60 bits per heavy atom. The molecule has 5 heteroatoms. The predicted molar refractivity (Wildman–Crippen MR) is 81.4 cm³/mol. The average molecular weight is 290 g/mol. The summed E-state index contributed by atoms with van der Waals surface area (Å²) in [4.78, 5) is 15.1. The molecule has 20 heavy (non-hydrogen) atoms. The fourth-order valence-electron chi connectivity index (χ4n) is 2.11. The van der Waals surface area contributed by atoms with Gasteiger partial charge in [-0.05, 0) is 38.5 Å². The second-order valence-electron chi connectivity index (χ2n) is 4.59. The predicted octanol–water partition coefficient (Wildman–Crippen LogP) is 3.44. The molecule has 0 aliphatic rings. The van der Waals surface area contributed by atoms with Crippen LogP contribution >= 0.6 is 11.6 Å². The van der Waals surface area contributed by atoms with Crippen LogP contribution in [0.3, 0.4) is 0 Å². The van der Waals surface area contributed by atoms with Crippen LogP contribution in [0.1, 0.15) is 34.1 Å². The number of aromatic nitrogens is 1. The second kappa shape index (κ2) is 5.92. The van der Waals surface area contributed by atoms with Gasteiger partial charge in [-0.2, -0.15) is 5.10 Å². The van der Waals surface area contributed by atoms with Gasteiger partial charge in [0.1, 0.15) is 0 Å². The summed E-state index contributed by atoms with van der Waals surface area (Å²) in [5.41, 5.74) is 6.83. The summed E-state index contributed by atoms with van der Waals surface area (Å²) in [7, 11) is 0. The number of aryl methyl sites for hydroxylation is 2. The molecule has 0 bridgehead atoms. The zero-order valence-electron chi connectivity index (χ0n) is 11.6. The summed E-state index contributed by atoms with van der Waals surface area (Å²) in [5.74, 6) is -0.319. The number of rotatable bonds is 3. The average Bonchev–Trinajstić information content (AvgIpc) is 2.76. The lowest BCUT2D eigenvalue weighted by atomic mass is 10.1. The SMILES string of the molecule is C/C(=N\NC(=O)c1ccccc1Cl)c1c(C)c[nH]c1C. The van der Waals surface area contributed by atoms with Crippen molar-refractivity contribution in [2.24, 2.45) is 5.10 Å². The molecule has 0 unspecified atom stereocenters. The molecular weight excluding hydrogens is 274 g/mol. The largest absolute Gasteiger partial charge is 0.364 e. The van der Waals surface area contributed by atoms with Gasteiger partial charge in [-0.1, -0.05) is 23.7 Å². The minimum atomic E-state index is -0.319. The van der Waals surface area contributed by atoms with Crippen LogP contribution < -0.4 is 5.43 Å². The number of carbonyl (C=O) groups excluding carboxylic acids is 1. The molecule has 0 spiro atoms. The Hall–Kier alpha value is -2.07. The van der Waals surface area contributed by atoms with Gasteiger partial charge in [0.15, 0.2) is 0 Å². The molecule has 0 radical (unpaired) electrons. The number of benzene rings is 1. The molecular formula is C15H16ClN3O. The third-order valence-electron chi connectivity index (χ3n) is 3.08. The molecule has 2 aromatic rings. The van der Waals surface area contributed by atoms with E-state index in [1.807, 2.05) is 27.0 Å². The third-order valence-corrected chi connectivity index (χ3v) is 3.41. The van der Waals surface area contributed by atoms with Gasteiger partial charge in [0.05, 0.1) is 16.3 Å². The molecule has 1 aromatic carbocycles. The standard InChI is InChI=1S/C15H16ClN3O/c1-9-8-17-10(2)14(9)11(3)18-19-15(20)12-6-4-5-7-13(12)16/h4-8,17H,1-3H3,(H,19,20)/b18-11+. The number of aromatic amines is 1. The summed E-state index contributed by atoms with van der Waals surface area (Å²) < 4.78 is 0.